The summed E-state index contributed by atoms with van der Waals surface area (Å²) < 4.78 is 2.54. The van der Waals surface area contributed by atoms with E-state index in [0.717, 1.165) is 12.8 Å². The van der Waals surface area contributed by atoms with Gasteiger partial charge >= 0.3 is 260 Å². The molecule has 0 amide bonds. The molecule has 0 saturated carbocycles. The van der Waals surface area contributed by atoms with Crippen molar-refractivity contribution in [2.24, 2.45) is 0 Å². The van der Waals surface area contributed by atoms with Crippen molar-refractivity contribution in [3.63, 3.8) is 0 Å². The van der Waals surface area contributed by atoms with Crippen LogP contribution in [-0.2, 0) is 34.1 Å². The maximum Gasteiger partial charge on any atom is -1.00 e. The van der Waals surface area contributed by atoms with Gasteiger partial charge in [-0.15, -0.1) is 0 Å². The molecule has 2 aliphatic carbocycles. The van der Waals surface area contributed by atoms with Crippen molar-refractivity contribution >= 4 is 8.78 Å². The first-order valence-corrected chi connectivity index (χ1v) is 19.5. The van der Waals surface area contributed by atoms with Crippen molar-refractivity contribution in [1.29, 1.82) is 0 Å². The molecule has 5 aromatic rings. The molecule has 7 rings (SSSR count). The third-order valence-corrected chi connectivity index (χ3v) is 19.0. The molecule has 3 heteroatoms. The maximum atomic E-state index is 2.58. The molecule has 0 fully saturated rings. The minimum absolute atomic E-state index is 0. The van der Waals surface area contributed by atoms with Gasteiger partial charge in [-0.3, -0.25) is 0 Å². The molecule has 1 unspecified atom stereocenters. The molecule has 1 atom stereocenters. The smallest absolute Gasteiger partial charge is 1.00 e. The molecule has 0 saturated heterocycles. The monoisotopic (exact) mass is 690 g/mol. The second-order valence-electron chi connectivity index (χ2n) is 11.9. The van der Waals surface area contributed by atoms with Gasteiger partial charge in [0.1, 0.15) is 0 Å². The molecule has 2 aliphatic rings. The van der Waals surface area contributed by atoms with Crippen LogP contribution in [0.1, 0.15) is 79.5 Å². The normalized spacial score (nSPS) is 14.5. The van der Waals surface area contributed by atoms with Crippen molar-refractivity contribution in [2.75, 3.05) is 0 Å². The van der Waals surface area contributed by atoms with Crippen LogP contribution in [0.2, 0.25) is 0 Å². The summed E-state index contributed by atoms with van der Waals surface area (Å²) in [5.74, 6) is 0. The van der Waals surface area contributed by atoms with E-state index < -0.39 is 21.3 Å². The molecule has 0 radical (unpaired) electrons. The van der Waals surface area contributed by atoms with E-state index in [0.29, 0.717) is 7.25 Å². The number of halogens is 2. The van der Waals surface area contributed by atoms with E-state index in [1.807, 2.05) is 0 Å². The molecule has 0 aliphatic heterocycles. The van der Waals surface area contributed by atoms with Crippen LogP contribution in [0.3, 0.4) is 0 Å². The van der Waals surface area contributed by atoms with Gasteiger partial charge in [0.25, 0.3) is 0 Å². The van der Waals surface area contributed by atoms with E-state index in [9.17, 15) is 0 Å². The van der Waals surface area contributed by atoms with Crippen LogP contribution < -0.4 is 24.8 Å². The first-order chi connectivity index (χ1) is 20.6. The van der Waals surface area contributed by atoms with Crippen molar-refractivity contribution in [1.82, 2.24) is 0 Å². The van der Waals surface area contributed by atoms with Gasteiger partial charge < -0.3 is 24.8 Å². The third-order valence-electron chi connectivity index (χ3n) is 9.70. The minimum Gasteiger partial charge on any atom is -1.00 e. The minimum atomic E-state index is -2.81. The van der Waals surface area contributed by atoms with Crippen molar-refractivity contribution in [3.8, 4) is 11.1 Å². The topological polar surface area (TPSA) is 0 Å². The molecule has 0 spiro atoms. The predicted octanol–water partition coefficient (Wildman–Crippen LogP) is 4.32. The second-order valence-corrected chi connectivity index (χ2v) is 18.2. The van der Waals surface area contributed by atoms with Crippen molar-refractivity contribution in [3.05, 3.63) is 171 Å². The van der Waals surface area contributed by atoms with Crippen LogP contribution in [0, 0.1) is 0 Å². The fraction of sp³-hybridized carbons (Fsp3) is 0.195. The zero-order valence-electron chi connectivity index (χ0n) is 25.9. The molecule has 44 heavy (non-hydrogen) atoms. The number of hydrogen-bond donors (Lipinski definition) is 0. The van der Waals surface area contributed by atoms with Gasteiger partial charge in [-0.05, 0) is 0 Å². The number of rotatable bonds is 6. The molecule has 5 aromatic carbocycles. The Kier molecular flexibility index (Phi) is 10.1. The van der Waals surface area contributed by atoms with Gasteiger partial charge in [0.05, 0.1) is 0 Å². The summed E-state index contributed by atoms with van der Waals surface area (Å²) in [7, 11) is 0. The van der Waals surface area contributed by atoms with E-state index in [1.165, 1.54) is 44.5 Å². The molecule has 0 aromatic heterocycles. The first-order valence-electron chi connectivity index (χ1n) is 15.5. The Balaban J connectivity index is 0.00000192. The Hall–Kier alpha value is -2.83. The van der Waals surface area contributed by atoms with Crippen LogP contribution in [0.5, 0.6) is 0 Å². The number of hydrogen-bond acceptors (Lipinski definition) is 0. The second kappa shape index (κ2) is 13.7. The molecule has 220 valence electrons. The number of aryl methyl sites for hydroxylation is 2. The number of allylic oxidation sites excluding steroid dienone is 2. The summed E-state index contributed by atoms with van der Waals surface area (Å²) in [4.78, 5) is 0. The Morgan fingerprint density at radius 2 is 1.00 bits per heavy atom. The molecular weight excluding hydrogens is 655 g/mol. The van der Waals surface area contributed by atoms with Crippen molar-refractivity contribution < 1.29 is 46.1 Å². The third kappa shape index (κ3) is 5.47. The van der Waals surface area contributed by atoms with Crippen molar-refractivity contribution in [2.45, 2.75) is 47.8 Å². The standard InChI is InChI=1S/C17H17.C13H10.C11H11.2ClH.Zr/c1-3-12-5-7-16-14(9-12)11-15-10-13(4-2)6-8-17(15)16;1-3-7-12(8-4-1)11-13-9-5-2-6-10-13;1-8-7-10-5-3-4-6-11(10)9(8)2;;;/h5-11H,3-4H2,1-2H3;1-10H;3-7H,1-2H3;2*1H;/q;;;;;+2/p-2. The zero-order valence-corrected chi connectivity index (χ0v) is 29.8. The Morgan fingerprint density at radius 3 is 1.50 bits per heavy atom. The summed E-state index contributed by atoms with van der Waals surface area (Å²) in [6.45, 7) is 9.39. The number of benzene rings is 5. The van der Waals surface area contributed by atoms with E-state index in [1.54, 1.807) is 25.5 Å². The van der Waals surface area contributed by atoms with E-state index in [2.05, 4.69) is 149 Å². The van der Waals surface area contributed by atoms with Crippen LogP contribution in [-0.4, -0.2) is 3.21 Å². The first kappa shape index (κ1) is 32.6. The summed E-state index contributed by atoms with van der Waals surface area (Å²) in [5, 5.41) is 0. The van der Waals surface area contributed by atoms with E-state index in [4.69, 9.17) is 0 Å². The van der Waals surface area contributed by atoms with Crippen LogP contribution in [0.4, 0.5) is 0 Å². The zero-order chi connectivity index (χ0) is 28.8. The summed E-state index contributed by atoms with van der Waals surface area (Å²) in [6.07, 6.45) is 2.13. The molecule has 0 nitrogen and oxygen atoms in total. The fourth-order valence-corrected chi connectivity index (χ4v) is 18.1. The predicted molar refractivity (Wildman–Crippen MR) is 176 cm³/mol. The quantitative estimate of drug-likeness (QED) is 0.249. The van der Waals surface area contributed by atoms with Gasteiger partial charge in [-0.2, -0.15) is 0 Å². The maximum absolute atomic E-state index is 2.81. The van der Waals surface area contributed by atoms with E-state index in [-0.39, 0.29) is 24.8 Å². The van der Waals surface area contributed by atoms with Crippen LogP contribution in [0.15, 0.2) is 127 Å². The van der Waals surface area contributed by atoms with Crippen LogP contribution in [0.25, 0.3) is 16.7 Å². The van der Waals surface area contributed by atoms with E-state index >= 15 is 0 Å². The Labute approximate surface area is 283 Å². The average Bonchev–Trinajstić information content (AvgIpc) is 3.50. The summed E-state index contributed by atoms with van der Waals surface area (Å²) >= 11 is -2.81. The molecule has 0 heterocycles. The largest absolute Gasteiger partial charge is 1.00 e. The van der Waals surface area contributed by atoms with Gasteiger partial charge in [0.15, 0.2) is 0 Å². The fourth-order valence-electron chi connectivity index (χ4n) is 7.45. The summed E-state index contributed by atoms with van der Waals surface area (Å²) in [5.41, 5.74) is 17.8. The molecule has 0 N–H and O–H groups in total. The van der Waals surface area contributed by atoms with Gasteiger partial charge in [-0.1, -0.05) is 0 Å². The summed E-state index contributed by atoms with van der Waals surface area (Å²) in [6, 6.07) is 46.8. The van der Waals surface area contributed by atoms with Gasteiger partial charge in [0.2, 0.25) is 0 Å². The van der Waals surface area contributed by atoms with Crippen LogP contribution >= 0.6 is 0 Å². The Morgan fingerprint density at radius 1 is 0.523 bits per heavy atom. The Bertz CT molecular complexity index is 1770. The molecule has 0 bridgehead atoms. The van der Waals surface area contributed by atoms with Gasteiger partial charge in [-0.25, -0.2) is 0 Å². The number of fused-ring (bicyclic) bond motifs is 4. The van der Waals surface area contributed by atoms with Gasteiger partial charge in [0, 0.05) is 0 Å². The SMILES string of the molecule is CCc1ccc2c(c1)[CH]([Zr+2](=[C](c1ccccc1)c1ccccc1)[CH]1C(C)=C(C)c3ccccc31)c1cc(CC)ccc1-2.[Cl-].[Cl-]. The molecular formula is C41H38Cl2Zr. The average molecular weight is 693 g/mol.